The van der Waals surface area contributed by atoms with Gasteiger partial charge in [0.1, 0.15) is 5.82 Å². The number of morpholine rings is 1. The van der Waals surface area contributed by atoms with E-state index in [4.69, 9.17) is 4.74 Å². The topological polar surface area (TPSA) is 126 Å². The van der Waals surface area contributed by atoms with Crippen LogP contribution in [0.2, 0.25) is 0 Å². The molecule has 1 aromatic heterocycles. The van der Waals surface area contributed by atoms with Gasteiger partial charge in [-0.2, -0.15) is 4.98 Å². The number of nitrogens with one attached hydrogen (secondary N) is 3. The third-order valence-corrected chi connectivity index (χ3v) is 7.11. The van der Waals surface area contributed by atoms with E-state index in [1.165, 1.54) is 0 Å². The minimum absolute atomic E-state index is 0.0178. The summed E-state index contributed by atoms with van der Waals surface area (Å²) in [7, 11) is -3.62. The first kappa shape index (κ1) is 25.5. The summed E-state index contributed by atoms with van der Waals surface area (Å²) in [6, 6.07) is 13.5. The van der Waals surface area contributed by atoms with E-state index in [2.05, 4.69) is 25.3 Å². The van der Waals surface area contributed by atoms with Crippen molar-refractivity contribution in [1.82, 2.24) is 19.6 Å². The average Bonchev–Trinajstić information content (AvgIpc) is 2.86. The zero-order valence-electron chi connectivity index (χ0n) is 20.5. The van der Waals surface area contributed by atoms with Crippen molar-refractivity contribution in [2.75, 3.05) is 36.9 Å². The van der Waals surface area contributed by atoms with Gasteiger partial charge in [0.15, 0.2) is 0 Å². The van der Waals surface area contributed by atoms with E-state index in [1.54, 1.807) is 73.5 Å². The van der Waals surface area contributed by atoms with Crippen molar-refractivity contribution in [1.29, 1.82) is 0 Å². The van der Waals surface area contributed by atoms with Crippen LogP contribution in [0.1, 0.15) is 29.8 Å². The maximum absolute atomic E-state index is 12.6. The molecule has 4 rings (SSSR count). The Labute approximate surface area is 211 Å². The van der Waals surface area contributed by atoms with Crippen LogP contribution in [0.3, 0.4) is 0 Å². The number of nitrogens with zero attached hydrogens (tertiary/aromatic N) is 3. The number of amides is 1. The normalized spacial score (nSPS) is 14.1. The van der Waals surface area contributed by atoms with E-state index < -0.39 is 10.0 Å². The highest BCUT2D eigenvalue weighted by molar-refractivity contribution is 7.89. The lowest BCUT2D eigenvalue weighted by Crippen LogP contribution is -2.40. The molecule has 2 heterocycles. The number of hydrogen-bond acceptors (Lipinski definition) is 8. The molecule has 0 atom stereocenters. The van der Waals surface area contributed by atoms with Crippen molar-refractivity contribution in [3.8, 4) is 0 Å². The van der Waals surface area contributed by atoms with Crippen LogP contribution in [0.4, 0.5) is 23.1 Å². The van der Waals surface area contributed by atoms with Crippen molar-refractivity contribution < 1.29 is 17.9 Å². The molecular weight excluding hydrogens is 480 g/mol. The van der Waals surface area contributed by atoms with Gasteiger partial charge < -0.3 is 20.3 Å². The summed E-state index contributed by atoms with van der Waals surface area (Å²) in [5.41, 5.74) is 2.72. The molecule has 1 aliphatic rings. The molecule has 2 aromatic carbocycles. The first-order valence-electron chi connectivity index (χ1n) is 11.7. The second-order valence-corrected chi connectivity index (χ2v) is 10.5. The molecule has 0 unspecified atom stereocenters. The van der Waals surface area contributed by atoms with Crippen LogP contribution in [-0.2, 0) is 14.8 Å². The van der Waals surface area contributed by atoms with Crippen LogP contribution in [0.15, 0.2) is 59.6 Å². The number of ether oxygens (including phenoxy) is 1. The fourth-order valence-electron chi connectivity index (χ4n) is 3.66. The third kappa shape index (κ3) is 6.36. The van der Waals surface area contributed by atoms with E-state index >= 15 is 0 Å². The molecule has 0 spiro atoms. The molecule has 36 heavy (non-hydrogen) atoms. The smallest absolute Gasteiger partial charge is 0.254 e. The molecule has 1 amide bonds. The van der Waals surface area contributed by atoms with Gasteiger partial charge in [-0.3, -0.25) is 4.79 Å². The van der Waals surface area contributed by atoms with Gasteiger partial charge in [-0.05, 0) is 63.2 Å². The number of carbonyl (C=O) groups excluding carboxylic acids is 1. The number of carbonyl (C=O) groups is 1. The standard InChI is InChI=1S/C25H30N6O4S/c1-17(2)30-36(33,34)22-6-4-5-21(15-22)27-23-18(3)16-26-25(29-23)28-20-9-7-19(8-10-20)24(32)31-11-13-35-14-12-31/h4-10,15-17,30H,11-14H2,1-3H3,(H2,26,27,28,29). The highest BCUT2D eigenvalue weighted by Crippen LogP contribution is 2.23. The van der Waals surface area contributed by atoms with Crippen molar-refractivity contribution in [2.45, 2.75) is 31.7 Å². The van der Waals surface area contributed by atoms with Crippen LogP contribution in [0.5, 0.6) is 0 Å². The van der Waals surface area contributed by atoms with Crippen LogP contribution in [0.25, 0.3) is 0 Å². The van der Waals surface area contributed by atoms with Crippen LogP contribution in [-0.4, -0.2) is 61.5 Å². The van der Waals surface area contributed by atoms with E-state index in [0.717, 1.165) is 11.3 Å². The predicted molar refractivity (Wildman–Crippen MR) is 138 cm³/mol. The maximum Gasteiger partial charge on any atom is 0.254 e. The lowest BCUT2D eigenvalue weighted by Gasteiger charge is -2.26. The van der Waals surface area contributed by atoms with Crippen LogP contribution >= 0.6 is 0 Å². The SMILES string of the molecule is Cc1cnc(Nc2ccc(C(=O)N3CCOCC3)cc2)nc1Nc1cccc(S(=O)(=O)NC(C)C)c1. The summed E-state index contributed by atoms with van der Waals surface area (Å²) >= 11 is 0. The number of rotatable bonds is 8. The molecular formula is C25H30N6O4S. The quantitative estimate of drug-likeness (QED) is 0.421. The molecule has 1 saturated heterocycles. The Kier molecular flexibility index (Phi) is 7.82. The first-order chi connectivity index (χ1) is 17.2. The summed E-state index contributed by atoms with van der Waals surface area (Å²) < 4.78 is 32.9. The van der Waals surface area contributed by atoms with Gasteiger partial charge in [0.25, 0.3) is 5.91 Å². The van der Waals surface area contributed by atoms with E-state index in [9.17, 15) is 13.2 Å². The highest BCUT2D eigenvalue weighted by atomic mass is 32.2. The number of aryl methyl sites for hydroxylation is 1. The zero-order chi connectivity index (χ0) is 25.7. The summed E-state index contributed by atoms with van der Waals surface area (Å²) in [4.78, 5) is 23.5. The van der Waals surface area contributed by atoms with Gasteiger partial charge in [-0.15, -0.1) is 0 Å². The molecule has 3 aromatic rings. The molecule has 190 valence electrons. The molecule has 0 bridgehead atoms. The molecule has 0 saturated carbocycles. The monoisotopic (exact) mass is 510 g/mol. The summed E-state index contributed by atoms with van der Waals surface area (Å²) in [6.07, 6.45) is 1.68. The third-order valence-electron chi connectivity index (χ3n) is 5.46. The number of hydrogen-bond donors (Lipinski definition) is 3. The highest BCUT2D eigenvalue weighted by Gasteiger charge is 2.19. The fourth-order valence-corrected chi connectivity index (χ4v) is 4.96. The molecule has 0 radical (unpaired) electrons. The molecule has 10 nitrogen and oxygen atoms in total. The molecule has 1 aliphatic heterocycles. The van der Waals surface area contributed by atoms with Gasteiger partial charge in [-0.25, -0.2) is 18.1 Å². The van der Waals surface area contributed by atoms with E-state index in [1.807, 2.05) is 6.92 Å². The Morgan fingerprint density at radius 2 is 1.75 bits per heavy atom. The second-order valence-electron chi connectivity index (χ2n) is 8.76. The molecule has 11 heteroatoms. The second kappa shape index (κ2) is 11.0. The fraction of sp³-hybridized carbons (Fsp3) is 0.320. The minimum atomic E-state index is -3.62. The summed E-state index contributed by atoms with van der Waals surface area (Å²) in [5, 5.41) is 6.33. The maximum atomic E-state index is 12.6. The van der Waals surface area contributed by atoms with Gasteiger partial charge in [0, 0.05) is 47.8 Å². The Bertz CT molecular complexity index is 1320. The zero-order valence-corrected chi connectivity index (χ0v) is 21.3. The van der Waals surface area contributed by atoms with E-state index in [-0.39, 0.29) is 16.8 Å². The number of anilines is 4. The predicted octanol–water partition coefficient (Wildman–Crippen LogP) is 3.43. The van der Waals surface area contributed by atoms with Crippen molar-refractivity contribution in [3.05, 3.63) is 65.9 Å². The van der Waals surface area contributed by atoms with Crippen molar-refractivity contribution in [2.24, 2.45) is 0 Å². The van der Waals surface area contributed by atoms with Gasteiger partial charge >= 0.3 is 0 Å². The van der Waals surface area contributed by atoms with Crippen LogP contribution < -0.4 is 15.4 Å². The number of sulfonamides is 1. The van der Waals surface area contributed by atoms with E-state index in [0.29, 0.717) is 49.3 Å². The average molecular weight is 511 g/mol. The summed E-state index contributed by atoms with van der Waals surface area (Å²) in [5.74, 6) is 0.884. The Hall–Kier alpha value is -3.54. The van der Waals surface area contributed by atoms with Crippen molar-refractivity contribution >= 4 is 39.1 Å². The van der Waals surface area contributed by atoms with Crippen molar-refractivity contribution in [3.63, 3.8) is 0 Å². The van der Waals surface area contributed by atoms with Gasteiger partial charge in [0.05, 0.1) is 18.1 Å². The first-order valence-corrected chi connectivity index (χ1v) is 13.2. The van der Waals surface area contributed by atoms with Gasteiger partial charge in [0.2, 0.25) is 16.0 Å². The largest absolute Gasteiger partial charge is 0.378 e. The number of benzene rings is 2. The lowest BCUT2D eigenvalue weighted by molar-refractivity contribution is 0.0303. The Balaban J connectivity index is 1.47. The molecule has 3 N–H and O–H groups in total. The molecule has 0 aliphatic carbocycles. The Morgan fingerprint density at radius 1 is 1.03 bits per heavy atom. The minimum Gasteiger partial charge on any atom is -0.378 e. The van der Waals surface area contributed by atoms with Crippen LogP contribution in [0, 0.1) is 6.92 Å². The lowest BCUT2D eigenvalue weighted by atomic mass is 10.1. The summed E-state index contributed by atoms with van der Waals surface area (Å²) in [6.45, 7) is 7.70. The van der Waals surface area contributed by atoms with Gasteiger partial charge in [-0.1, -0.05) is 6.07 Å². The number of aromatic nitrogens is 2. The Morgan fingerprint density at radius 3 is 2.44 bits per heavy atom. The molecule has 1 fully saturated rings.